The van der Waals surface area contributed by atoms with Gasteiger partial charge < -0.3 is 28.5 Å². The van der Waals surface area contributed by atoms with Crippen molar-refractivity contribution in [2.24, 2.45) is 11.3 Å². The van der Waals surface area contributed by atoms with E-state index in [1.165, 1.54) is 37.8 Å². The van der Waals surface area contributed by atoms with Crippen LogP contribution in [0.15, 0.2) is 22.8 Å². The highest BCUT2D eigenvalue weighted by molar-refractivity contribution is 5.37. The van der Waals surface area contributed by atoms with Crippen LogP contribution in [0.3, 0.4) is 0 Å². The van der Waals surface area contributed by atoms with Gasteiger partial charge in [0.2, 0.25) is 0 Å². The summed E-state index contributed by atoms with van der Waals surface area (Å²) >= 11 is 0. The van der Waals surface area contributed by atoms with Gasteiger partial charge in [-0.3, -0.25) is 0 Å². The third-order valence-corrected chi connectivity index (χ3v) is 5.11. The van der Waals surface area contributed by atoms with Crippen LogP contribution < -0.4 is 24.0 Å². The standard InChI is InChI=1S/C19H36N.HI/c1-9-10-11-12-18-16(3)13-15(2)17(4)19(18,5)14-20(6,7)8;/h13,18H,9-12,14H2,1-8H3;1H/q+1;/p-1. The van der Waals surface area contributed by atoms with E-state index in [2.05, 4.69) is 61.8 Å². The molecule has 21 heavy (non-hydrogen) atoms. The van der Waals surface area contributed by atoms with Gasteiger partial charge in [0.15, 0.2) is 0 Å². The molecule has 124 valence electrons. The summed E-state index contributed by atoms with van der Waals surface area (Å²) in [5.74, 6) is 0.718. The molecule has 0 bridgehead atoms. The van der Waals surface area contributed by atoms with E-state index < -0.39 is 0 Å². The molecule has 0 aromatic heterocycles. The second kappa shape index (κ2) is 8.14. The molecular weight excluding hydrogens is 369 g/mol. The number of halogens is 1. The summed E-state index contributed by atoms with van der Waals surface area (Å²) in [4.78, 5) is 0. The normalized spacial score (nSPS) is 26.5. The Hall–Kier alpha value is 0.170. The fraction of sp³-hybridized carbons (Fsp3) is 0.789. The molecule has 1 nitrogen and oxygen atoms in total. The van der Waals surface area contributed by atoms with E-state index in [1.54, 1.807) is 11.1 Å². The monoisotopic (exact) mass is 405 g/mol. The Morgan fingerprint density at radius 3 is 2.14 bits per heavy atom. The molecule has 0 spiro atoms. The van der Waals surface area contributed by atoms with Crippen molar-refractivity contribution in [2.45, 2.75) is 60.3 Å². The average Bonchev–Trinajstić information content (AvgIpc) is 2.29. The zero-order chi connectivity index (χ0) is 15.6. The molecule has 0 N–H and O–H groups in total. The zero-order valence-corrected chi connectivity index (χ0v) is 17.7. The van der Waals surface area contributed by atoms with Crippen LogP contribution in [0.1, 0.15) is 60.3 Å². The lowest BCUT2D eigenvalue weighted by Crippen LogP contribution is -3.00. The maximum Gasteiger partial charge on any atom is 0.0878 e. The maximum absolute atomic E-state index is 2.50. The number of hydrogen-bond donors (Lipinski definition) is 0. The summed E-state index contributed by atoms with van der Waals surface area (Å²) < 4.78 is 1.04. The van der Waals surface area contributed by atoms with Crippen molar-refractivity contribution in [3.63, 3.8) is 0 Å². The minimum atomic E-state index is 0. The zero-order valence-electron chi connectivity index (χ0n) is 15.5. The Kier molecular flexibility index (Phi) is 8.21. The lowest BCUT2D eigenvalue weighted by atomic mass is 9.62. The van der Waals surface area contributed by atoms with Crippen molar-refractivity contribution in [3.05, 3.63) is 22.8 Å². The summed E-state index contributed by atoms with van der Waals surface area (Å²) in [5.41, 5.74) is 5.01. The fourth-order valence-electron chi connectivity index (χ4n) is 4.12. The molecule has 1 rings (SSSR count). The van der Waals surface area contributed by atoms with Crippen LogP contribution in [0.5, 0.6) is 0 Å². The van der Waals surface area contributed by atoms with Crippen LogP contribution >= 0.6 is 0 Å². The van der Waals surface area contributed by atoms with Gasteiger partial charge in [0.05, 0.1) is 27.7 Å². The van der Waals surface area contributed by atoms with Gasteiger partial charge in [0.25, 0.3) is 0 Å². The quantitative estimate of drug-likeness (QED) is 0.361. The van der Waals surface area contributed by atoms with Crippen molar-refractivity contribution in [1.82, 2.24) is 0 Å². The summed E-state index contributed by atoms with van der Waals surface area (Å²) in [6.07, 6.45) is 7.83. The Labute approximate surface area is 150 Å². The highest BCUT2D eigenvalue weighted by Crippen LogP contribution is 2.47. The number of quaternary nitrogens is 1. The molecule has 2 atom stereocenters. The SMILES string of the molecule is CCCCCC1C(C)=CC(C)=C(C)C1(C)C[N+](C)(C)C.[I-]. The van der Waals surface area contributed by atoms with Gasteiger partial charge in [-0.25, -0.2) is 0 Å². The molecule has 0 radical (unpaired) electrons. The van der Waals surface area contributed by atoms with Crippen LogP contribution in [0, 0.1) is 11.3 Å². The van der Waals surface area contributed by atoms with Gasteiger partial charge in [-0.05, 0) is 40.0 Å². The summed E-state index contributed by atoms with van der Waals surface area (Å²) in [6.45, 7) is 13.0. The lowest BCUT2D eigenvalue weighted by molar-refractivity contribution is -0.876. The van der Waals surface area contributed by atoms with Gasteiger partial charge in [-0.15, -0.1) is 0 Å². The van der Waals surface area contributed by atoms with Crippen LogP contribution in [-0.4, -0.2) is 32.2 Å². The molecule has 0 aromatic rings. The van der Waals surface area contributed by atoms with Crippen LogP contribution in [0.25, 0.3) is 0 Å². The molecule has 0 heterocycles. The van der Waals surface area contributed by atoms with Gasteiger partial charge in [-0.2, -0.15) is 0 Å². The summed E-state index contributed by atoms with van der Waals surface area (Å²) in [7, 11) is 6.97. The molecule has 0 saturated carbocycles. The van der Waals surface area contributed by atoms with E-state index in [9.17, 15) is 0 Å². The van der Waals surface area contributed by atoms with E-state index in [4.69, 9.17) is 0 Å². The predicted molar refractivity (Wildman–Crippen MR) is 90.8 cm³/mol. The Morgan fingerprint density at radius 2 is 1.67 bits per heavy atom. The van der Waals surface area contributed by atoms with E-state index in [0.29, 0.717) is 5.41 Å². The Morgan fingerprint density at radius 1 is 1.10 bits per heavy atom. The second-order valence-corrected chi connectivity index (χ2v) is 8.11. The van der Waals surface area contributed by atoms with E-state index in [1.807, 2.05) is 0 Å². The number of unbranched alkanes of at least 4 members (excludes halogenated alkanes) is 2. The molecule has 0 saturated heterocycles. The van der Waals surface area contributed by atoms with Crippen molar-refractivity contribution in [1.29, 1.82) is 0 Å². The van der Waals surface area contributed by atoms with Crippen molar-refractivity contribution in [3.8, 4) is 0 Å². The number of hydrogen-bond acceptors (Lipinski definition) is 0. The molecule has 0 aromatic carbocycles. The second-order valence-electron chi connectivity index (χ2n) is 8.11. The molecule has 1 aliphatic rings. The third-order valence-electron chi connectivity index (χ3n) is 5.11. The minimum absolute atomic E-state index is 0. The predicted octanol–water partition coefficient (Wildman–Crippen LogP) is 2.20. The van der Waals surface area contributed by atoms with Crippen molar-refractivity contribution in [2.75, 3.05) is 27.7 Å². The molecular formula is C19H36IN. The molecule has 0 aliphatic heterocycles. The first kappa shape index (κ1) is 21.2. The topological polar surface area (TPSA) is 0 Å². The van der Waals surface area contributed by atoms with Gasteiger partial charge in [0, 0.05) is 5.41 Å². The third kappa shape index (κ3) is 5.38. The average molecular weight is 405 g/mol. The first-order chi connectivity index (χ1) is 9.12. The van der Waals surface area contributed by atoms with E-state index in [-0.39, 0.29) is 24.0 Å². The first-order valence-corrected chi connectivity index (χ1v) is 8.28. The van der Waals surface area contributed by atoms with Crippen molar-refractivity contribution < 1.29 is 28.5 Å². The molecule has 2 unspecified atom stereocenters. The Bertz CT molecular complexity index is 400. The largest absolute Gasteiger partial charge is 1.00 e. The lowest BCUT2D eigenvalue weighted by Gasteiger charge is -2.46. The van der Waals surface area contributed by atoms with E-state index >= 15 is 0 Å². The smallest absolute Gasteiger partial charge is 0.0878 e. The number of rotatable bonds is 6. The molecule has 0 amide bonds. The van der Waals surface area contributed by atoms with Crippen LogP contribution in [0.2, 0.25) is 0 Å². The number of nitrogens with zero attached hydrogens (tertiary/aromatic N) is 1. The van der Waals surface area contributed by atoms with Crippen molar-refractivity contribution >= 4 is 0 Å². The van der Waals surface area contributed by atoms with E-state index in [0.717, 1.165) is 10.4 Å². The molecule has 0 fully saturated rings. The molecule has 1 aliphatic carbocycles. The highest BCUT2D eigenvalue weighted by atomic mass is 127. The highest BCUT2D eigenvalue weighted by Gasteiger charge is 2.43. The molecule has 2 heteroatoms. The summed E-state index contributed by atoms with van der Waals surface area (Å²) in [6, 6.07) is 0. The van der Waals surface area contributed by atoms with Crippen LogP contribution in [-0.2, 0) is 0 Å². The fourth-order valence-corrected chi connectivity index (χ4v) is 4.12. The summed E-state index contributed by atoms with van der Waals surface area (Å²) in [5, 5.41) is 0. The van der Waals surface area contributed by atoms with Gasteiger partial charge >= 0.3 is 0 Å². The number of allylic oxidation sites excluding steroid dienone is 3. The van der Waals surface area contributed by atoms with Gasteiger partial charge in [-0.1, -0.05) is 49.0 Å². The Balaban J connectivity index is 0.00000400. The maximum atomic E-state index is 2.50. The minimum Gasteiger partial charge on any atom is -1.00 e. The van der Waals surface area contributed by atoms with Gasteiger partial charge in [0.1, 0.15) is 0 Å². The van der Waals surface area contributed by atoms with Crippen LogP contribution in [0.4, 0.5) is 0 Å². The first-order valence-electron chi connectivity index (χ1n) is 8.28.